The molecule has 318 valence electrons. The Labute approximate surface area is 391 Å². The maximum absolute atomic E-state index is 9.97. The van der Waals surface area contributed by atoms with Crippen LogP contribution in [-0.4, -0.2) is 130 Å². The molecule has 0 aromatic heterocycles. The summed E-state index contributed by atoms with van der Waals surface area (Å²) in [5.74, 6) is 4.97. The van der Waals surface area contributed by atoms with Crippen molar-refractivity contribution >= 4 is 11.6 Å². The fourth-order valence-corrected chi connectivity index (χ4v) is 5.51. The first kappa shape index (κ1) is 49.6. The molecule has 3 N–H and O–H groups in total. The van der Waals surface area contributed by atoms with Crippen molar-refractivity contribution in [3.63, 3.8) is 0 Å². The van der Waals surface area contributed by atoms with Gasteiger partial charge in [0, 0.05) is 0 Å². The van der Waals surface area contributed by atoms with Gasteiger partial charge in [0.2, 0.25) is 23.0 Å². The van der Waals surface area contributed by atoms with Gasteiger partial charge in [-0.3, -0.25) is 0 Å². The molecule has 4 aromatic carbocycles. The van der Waals surface area contributed by atoms with Gasteiger partial charge in [0.1, 0.15) is 25.4 Å². The van der Waals surface area contributed by atoms with Gasteiger partial charge in [0.15, 0.2) is 46.0 Å². The summed E-state index contributed by atoms with van der Waals surface area (Å²) in [6.07, 6.45) is 0.652. The molecule has 3 atom stereocenters. The van der Waals surface area contributed by atoms with E-state index in [9.17, 15) is 10.2 Å². The van der Waals surface area contributed by atoms with Crippen molar-refractivity contribution in [2.45, 2.75) is 18.3 Å². The number of methoxy groups -OCH3 is 8. The van der Waals surface area contributed by atoms with E-state index in [1.807, 2.05) is 24.3 Å². The Morgan fingerprint density at radius 3 is 0.847 bits per heavy atom. The number of aromatic hydroxyl groups is 2. The summed E-state index contributed by atoms with van der Waals surface area (Å²) >= 11 is 5.27. The van der Waals surface area contributed by atoms with Crippen molar-refractivity contribution < 1.29 is 129 Å². The standard InChI is InChI=1S/C22H26O8.C16H18O6.C3H5ClO.K.H2O/c1-23-17-5-13(6-18(24-2)21(17)29-11-15-9-27-15)14-7-19(25-3)22(20(8-14)26-4)30-12-16-10-28-16;1-19-11-5-9(6-12(20-2)15(11)17)10-7-13(21-3)16(18)14(8-10)22-4;4-1-3-2-5-3;;/h5-8,15-16H,9-12H2,1-4H3;5-8,17-18H,1-4H3;3H,1-2H2;;1H2/q;;;+1;/p-1. The summed E-state index contributed by atoms with van der Waals surface area (Å²) in [6, 6.07) is 14.2. The number of rotatable bonds is 17. The van der Waals surface area contributed by atoms with Gasteiger partial charge in [0.25, 0.3) is 0 Å². The number of phenolic OH excluding ortho intramolecular Hbond substituents is 2. The van der Waals surface area contributed by atoms with Crippen LogP contribution in [0.3, 0.4) is 0 Å². The van der Waals surface area contributed by atoms with Crippen molar-refractivity contribution in [1.29, 1.82) is 0 Å². The van der Waals surface area contributed by atoms with Crippen LogP contribution in [0.2, 0.25) is 0 Å². The topological polar surface area (TPSA) is 200 Å². The Morgan fingerprint density at radius 1 is 0.458 bits per heavy atom. The maximum Gasteiger partial charge on any atom is 1.00 e. The van der Waals surface area contributed by atoms with E-state index in [0.29, 0.717) is 84.0 Å². The van der Waals surface area contributed by atoms with Gasteiger partial charge >= 0.3 is 51.4 Å². The van der Waals surface area contributed by atoms with Gasteiger partial charge in [-0.05, 0) is 70.8 Å². The number of phenols is 2. The Balaban J connectivity index is 0.000000282. The average molecular weight is 873 g/mol. The predicted molar refractivity (Wildman–Crippen MR) is 212 cm³/mol. The van der Waals surface area contributed by atoms with Crippen LogP contribution in [-0.2, 0) is 14.2 Å². The van der Waals surface area contributed by atoms with E-state index < -0.39 is 0 Å². The van der Waals surface area contributed by atoms with Crippen LogP contribution in [0.4, 0.5) is 0 Å². The quantitative estimate of drug-likeness (QED) is 0.0890. The second kappa shape index (κ2) is 23.9. The van der Waals surface area contributed by atoms with Crippen LogP contribution in [0.1, 0.15) is 0 Å². The monoisotopic (exact) mass is 872 g/mol. The fraction of sp³-hybridized carbons (Fsp3) is 0.415. The summed E-state index contributed by atoms with van der Waals surface area (Å²) in [7, 11) is 12.2. The summed E-state index contributed by atoms with van der Waals surface area (Å²) in [6.45, 7) is 3.20. The minimum absolute atomic E-state index is 0. The summed E-state index contributed by atoms with van der Waals surface area (Å²) < 4.78 is 69.8. The zero-order valence-electron chi connectivity index (χ0n) is 34.6. The largest absolute Gasteiger partial charge is 1.00 e. The smallest absolute Gasteiger partial charge is 0.870 e. The van der Waals surface area contributed by atoms with Crippen molar-refractivity contribution in [3.8, 4) is 91.2 Å². The second-order valence-corrected chi connectivity index (χ2v) is 12.8. The zero-order chi connectivity index (χ0) is 41.1. The van der Waals surface area contributed by atoms with Crippen molar-refractivity contribution in [3.05, 3.63) is 48.5 Å². The molecule has 3 aliphatic rings. The number of hydrogen-bond acceptors (Lipinski definition) is 16. The van der Waals surface area contributed by atoms with Gasteiger partial charge in [-0.2, -0.15) is 0 Å². The fourth-order valence-electron chi connectivity index (χ4n) is 5.34. The Bertz CT molecular complexity index is 1720. The van der Waals surface area contributed by atoms with Crippen LogP contribution < -0.4 is 98.8 Å². The van der Waals surface area contributed by atoms with Crippen LogP contribution in [0.5, 0.6) is 69.0 Å². The minimum Gasteiger partial charge on any atom is -0.870 e. The summed E-state index contributed by atoms with van der Waals surface area (Å²) in [5.41, 5.74) is 3.13. The molecule has 59 heavy (non-hydrogen) atoms. The Kier molecular flexibility index (Phi) is 20.1. The third kappa shape index (κ3) is 13.4. The predicted octanol–water partition coefficient (Wildman–Crippen LogP) is 3.19. The molecule has 3 unspecified atom stereocenters. The number of halogens is 1. The normalized spacial score (nSPS) is 16.4. The van der Waals surface area contributed by atoms with E-state index in [2.05, 4.69) is 0 Å². The van der Waals surface area contributed by atoms with Crippen molar-refractivity contribution in [2.75, 3.05) is 95.8 Å². The second-order valence-electron chi connectivity index (χ2n) is 12.5. The Morgan fingerprint density at radius 2 is 0.678 bits per heavy atom. The maximum atomic E-state index is 9.97. The number of hydrogen-bond donors (Lipinski definition) is 2. The molecule has 3 fully saturated rings. The molecule has 0 bridgehead atoms. The minimum atomic E-state index is -0.0774. The van der Waals surface area contributed by atoms with Gasteiger partial charge in [0.05, 0.1) is 88.7 Å². The third-order valence-electron chi connectivity index (χ3n) is 8.75. The average Bonchev–Trinajstić information content (AvgIpc) is 4.09. The number of benzene rings is 4. The number of epoxide rings is 3. The molecule has 16 nitrogen and oxygen atoms in total. The van der Waals surface area contributed by atoms with E-state index in [-0.39, 0.29) is 104 Å². The molecule has 0 saturated carbocycles. The van der Waals surface area contributed by atoms with Gasteiger partial charge in [-0.15, -0.1) is 11.6 Å². The molecular formula is C41H50ClKO16. The van der Waals surface area contributed by atoms with E-state index >= 15 is 0 Å². The first-order valence-electron chi connectivity index (χ1n) is 17.7. The van der Waals surface area contributed by atoms with Crippen LogP contribution in [0.15, 0.2) is 48.5 Å². The molecule has 0 amide bonds. The van der Waals surface area contributed by atoms with Crippen LogP contribution in [0.25, 0.3) is 22.3 Å². The van der Waals surface area contributed by atoms with Gasteiger partial charge in [-0.1, -0.05) is 0 Å². The van der Waals surface area contributed by atoms with E-state index in [0.717, 1.165) is 17.7 Å². The molecular weight excluding hydrogens is 823 g/mol. The van der Waals surface area contributed by atoms with Gasteiger partial charge < -0.3 is 77.3 Å². The molecule has 7 rings (SSSR count). The van der Waals surface area contributed by atoms with Crippen molar-refractivity contribution in [2.24, 2.45) is 0 Å². The van der Waals surface area contributed by atoms with Crippen LogP contribution in [0, 0.1) is 0 Å². The summed E-state index contributed by atoms with van der Waals surface area (Å²) in [5, 5.41) is 19.9. The van der Waals surface area contributed by atoms with E-state index in [1.54, 1.807) is 52.7 Å². The van der Waals surface area contributed by atoms with E-state index in [4.69, 9.17) is 73.2 Å². The summed E-state index contributed by atoms with van der Waals surface area (Å²) in [4.78, 5) is 0. The van der Waals surface area contributed by atoms with Crippen molar-refractivity contribution in [1.82, 2.24) is 0 Å². The Hall–Kier alpha value is -3.75. The molecule has 3 heterocycles. The van der Waals surface area contributed by atoms with E-state index in [1.165, 1.54) is 28.4 Å². The first-order valence-corrected chi connectivity index (χ1v) is 18.3. The third-order valence-corrected chi connectivity index (χ3v) is 9.10. The number of ether oxygens (including phenoxy) is 13. The molecule has 3 saturated heterocycles. The molecule has 0 aliphatic carbocycles. The molecule has 0 radical (unpaired) electrons. The van der Waals surface area contributed by atoms with Gasteiger partial charge in [-0.25, -0.2) is 0 Å². The molecule has 4 aromatic rings. The molecule has 3 aliphatic heterocycles. The van der Waals surface area contributed by atoms with Crippen LogP contribution >= 0.6 is 11.6 Å². The zero-order valence-corrected chi connectivity index (χ0v) is 38.5. The first-order chi connectivity index (χ1) is 27.6. The SMILES string of the molecule is COc1cc(-c2cc(OC)c(O)c(OC)c2)cc(OC)c1O.COc1cc(-c2cc(OC)c(OCC3CO3)c(OC)c2)cc(OC)c1OCC1CO1.ClCC1CO1.[K+].[OH-]. The molecule has 18 heteroatoms. The number of alkyl halides is 1. The molecule has 0 spiro atoms.